The minimum Gasteiger partial charge on any atom is -0.478 e. The van der Waals surface area contributed by atoms with Gasteiger partial charge in [-0.15, -0.1) is 11.8 Å². The Morgan fingerprint density at radius 3 is 2.68 bits per heavy atom. The summed E-state index contributed by atoms with van der Waals surface area (Å²) in [6.07, 6.45) is 0. The molecule has 0 atom stereocenters. The summed E-state index contributed by atoms with van der Waals surface area (Å²) in [5.41, 5.74) is 2.83. The first-order chi connectivity index (χ1) is 9.08. The van der Waals surface area contributed by atoms with Crippen molar-refractivity contribution < 1.29 is 9.90 Å². The maximum Gasteiger partial charge on any atom is 0.336 e. The Kier molecular flexibility index (Phi) is 4.66. The van der Waals surface area contributed by atoms with Crippen molar-refractivity contribution in [2.75, 3.05) is 0 Å². The van der Waals surface area contributed by atoms with Crippen LogP contribution < -0.4 is 0 Å². The quantitative estimate of drug-likeness (QED) is 0.818. The third-order valence-electron chi connectivity index (χ3n) is 2.82. The van der Waals surface area contributed by atoms with Crippen LogP contribution in [0.1, 0.15) is 21.5 Å². The molecule has 1 N–H and O–H groups in total. The van der Waals surface area contributed by atoms with Gasteiger partial charge in [-0.05, 0) is 52.2 Å². The summed E-state index contributed by atoms with van der Waals surface area (Å²) in [6, 6.07) is 13.6. The van der Waals surface area contributed by atoms with E-state index in [1.54, 1.807) is 23.9 Å². The number of rotatable bonds is 4. The van der Waals surface area contributed by atoms with Gasteiger partial charge in [-0.25, -0.2) is 4.79 Å². The van der Waals surface area contributed by atoms with Crippen LogP contribution in [0.15, 0.2) is 51.8 Å². The van der Waals surface area contributed by atoms with Gasteiger partial charge < -0.3 is 5.11 Å². The second-order valence-electron chi connectivity index (χ2n) is 4.16. The molecule has 0 fully saturated rings. The van der Waals surface area contributed by atoms with Crippen molar-refractivity contribution in [3.8, 4) is 0 Å². The highest BCUT2D eigenvalue weighted by Crippen LogP contribution is 2.28. The Balaban J connectivity index is 2.14. The number of aromatic carboxylic acids is 1. The lowest BCUT2D eigenvalue weighted by Crippen LogP contribution is -1.97. The highest BCUT2D eigenvalue weighted by molar-refractivity contribution is 9.10. The Hall–Kier alpha value is -1.26. The molecule has 4 heteroatoms. The van der Waals surface area contributed by atoms with Crippen LogP contribution in [0.4, 0.5) is 0 Å². The third-order valence-corrected chi connectivity index (χ3v) is 4.56. The molecule has 0 saturated carbocycles. The predicted molar refractivity (Wildman–Crippen MR) is 81.8 cm³/mol. The number of thioether (sulfide) groups is 1. The largest absolute Gasteiger partial charge is 0.478 e. The number of aryl methyl sites for hydroxylation is 1. The molecule has 2 rings (SSSR count). The van der Waals surface area contributed by atoms with Crippen LogP contribution in [-0.4, -0.2) is 11.1 Å². The summed E-state index contributed by atoms with van der Waals surface area (Å²) in [6.45, 7) is 2.08. The number of carbonyl (C=O) groups is 1. The summed E-state index contributed by atoms with van der Waals surface area (Å²) in [7, 11) is 0. The van der Waals surface area contributed by atoms with Crippen molar-refractivity contribution in [3.05, 3.63) is 63.6 Å². The van der Waals surface area contributed by atoms with Gasteiger partial charge in [0.1, 0.15) is 0 Å². The first-order valence-electron chi connectivity index (χ1n) is 5.78. The zero-order valence-corrected chi connectivity index (χ0v) is 12.8. The summed E-state index contributed by atoms with van der Waals surface area (Å²) in [5.74, 6) is -0.0712. The van der Waals surface area contributed by atoms with Gasteiger partial charge in [0.25, 0.3) is 0 Å². The summed E-state index contributed by atoms with van der Waals surface area (Å²) >= 11 is 4.89. The van der Waals surface area contributed by atoms with Crippen LogP contribution in [0.3, 0.4) is 0 Å². The minimum absolute atomic E-state index is 0.301. The maximum atomic E-state index is 11.1. The molecule has 2 nitrogen and oxygen atoms in total. The predicted octanol–water partition coefficient (Wildman–Crippen LogP) is 4.75. The van der Waals surface area contributed by atoms with Crippen LogP contribution in [0.2, 0.25) is 0 Å². The van der Waals surface area contributed by atoms with E-state index >= 15 is 0 Å². The van der Waals surface area contributed by atoms with Gasteiger partial charge in [-0.3, -0.25) is 0 Å². The number of hydrogen-bond acceptors (Lipinski definition) is 2. The number of carboxylic acid groups (broad SMARTS) is 1. The van der Waals surface area contributed by atoms with E-state index in [9.17, 15) is 4.79 Å². The Morgan fingerprint density at radius 1 is 1.26 bits per heavy atom. The molecular weight excluding hydrogens is 324 g/mol. The summed E-state index contributed by atoms with van der Waals surface area (Å²) < 4.78 is 0.611. The van der Waals surface area contributed by atoms with E-state index in [2.05, 4.69) is 35.0 Å². The molecule has 0 spiro atoms. The van der Waals surface area contributed by atoms with Gasteiger partial charge in [0, 0.05) is 15.1 Å². The van der Waals surface area contributed by atoms with E-state index in [0.717, 1.165) is 10.6 Å². The molecule has 0 amide bonds. The third kappa shape index (κ3) is 3.61. The molecule has 0 aromatic heterocycles. The Bertz CT molecular complexity index is 611. The second kappa shape index (κ2) is 6.26. The van der Waals surface area contributed by atoms with Gasteiger partial charge in [-0.1, -0.05) is 24.3 Å². The standard InChI is InChI=1S/C15H13BrO2S/c1-10-4-2-3-5-11(10)9-19-12-6-7-14(16)13(8-12)15(17)18/h2-8H,9H2,1H3,(H,17,18). The molecule has 0 bridgehead atoms. The first-order valence-corrected chi connectivity index (χ1v) is 7.56. The van der Waals surface area contributed by atoms with Crippen LogP contribution in [0.5, 0.6) is 0 Å². The van der Waals surface area contributed by atoms with E-state index in [1.165, 1.54) is 11.1 Å². The smallest absolute Gasteiger partial charge is 0.336 e. The van der Waals surface area contributed by atoms with Crippen molar-refractivity contribution >= 4 is 33.7 Å². The fourth-order valence-corrected chi connectivity index (χ4v) is 3.12. The van der Waals surface area contributed by atoms with Crippen molar-refractivity contribution in [1.82, 2.24) is 0 Å². The summed E-state index contributed by atoms with van der Waals surface area (Å²) in [4.78, 5) is 12.0. The van der Waals surface area contributed by atoms with Gasteiger partial charge in [-0.2, -0.15) is 0 Å². The zero-order valence-electron chi connectivity index (χ0n) is 10.4. The first kappa shape index (κ1) is 14.2. The minimum atomic E-state index is -0.912. The van der Waals surface area contributed by atoms with Crippen molar-refractivity contribution in [3.63, 3.8) is 0 Å². The average Bonchev–Trinajstić information content (AvgIpc) is 2.39. The lowest BCUT2D eigenvalue weighted by molar-refractivity contribution is 0.0695. The molecule has 0 aliphatic heterocycles. The molecule has 0 radical (unpaired) electrons. The van der Waals surface area contributed by atoms with Gasteiger partial charge in [0.2, 0.25) is 0 Å². The lowest BCUT2D eigenvalue weighted by atomic mass is 10.1. The van der Waals surface area contributed by atoms with Crippen LogP contribution in [-0.2, 0) is 5.75 Å². The molecular formula is C15H13BrO2S. The van der Waals surface area contributed by atoms with E-state index in [-0.39, 0.29) is 0 Å². The summed E-state index contributed by atoms with van der Waals surface area (Å²) in [5, 5.41) is 9.08. The highest BCUT2D eigenvalue weighted by atomic mass is 79.9. The topological polar surface area (TPSA) is 37.3 Å². The van der Waals surface area contributed by atoms with Crippen LogP contribution >= 0.6 is 27.7 Å². The zero-order chi connectivity index (χ0) is 13.8. The normalized spacial score (nSPS) is 10.4. The van der Waals surface area contributed by atoms with Crippen molar-refractivity contribution in [2.24, 2.45) is 0 Å². The molecule has 0 saturated heterocycles. The van der Waals surface area contributed by atoms with Crippen LogP contribution in [0, 0.1) is 6.92 Å². The van der Waals surface area contributed by atoms with Crippen LogP contribution in [0.25, 0.3) is 0 Å². The number of carboxylic acids is 1. The average molecular weight is 337 g/mol. The maximum absolute atomic E-state index is 11.1. The molecule has 0 unspecified atom stereocenters. The Morgan fingerprint density at radius 2 is 2.00 bits per heavy atom. The molecule has 98 valence electrons. The molecule has 0 aliphatic carbocycles. The van der Waals surface area contributed by atoms with E-state index < -0.39 is 5.97 Å². The Labute approximate surface area is 125 Å². The monoisotopic (exact) mass is 336 g/mol. The molecule has 2 aromatic carbocycles. The SMILES string of the molecule is Cc1ccccc1CSc1ccc(Br)c(C(=O)O)c1. The van der Waals surface area contributed by atoms with E-state index in [1.807, 2.05) is 18.2 Å². The van der Waals surface area contributed by atoms with Gasteiger partial charge >= 0.3 is 5.97 Å². The van der Waals surface area contributed by atoms with Crippen molar-refractivity contribution in [2.45, 2.75) is 17.6 Å². The lowest BCUT2D eigenvalue weighted by Gasteiger charge is -2.07. The number of halogens is 1. The molecule has 0 heterocycles. The highest BCUT2D eigenvalue weighted by Gasteiger charge is 2.09. The second-order valence-corrected chi connectivity index (χ2v) is 6.07. The number of hydrogen-bond donors (Lipinski definition) is 1. The number of benzene rings is 2. The molecule has 0 aliphatic rings. The molecule has 2 aromatic rings. The molecule has 19 heavy (non-hydrogen) atoms. The van der Waals surface area contributed by atoms with E-state index in [0.29, 0.717) is 10.0 Å². The van der Waals surface area contributed by atoms with Gasteiger partial charge in [0.05, 0.1) is 5.56 Å². The van der Waals surface area contributed by atoms with Gasteiger partial charge in [0.15, 0.2) is 0 Å². The fraction of sp³-hybridized carbons (Fsp3) is 0.133. The van der Waals surface area contributed by atoms with Crippen molar-refractivity contribution in [1.29, 1.82) is 0 Å². The van der Waals surface area contributed by atoms with E-state index in [4.69, 9.17) is 5.11 Å². The fourth-order valence-electron chi connectivity index (χ4n) is 1.69.